The largest absolute Gasteiger partial charge is 0.393 e. The molecule has 0 heterocycles. The number of nitro benzene ring substituents is 1. The van der Waals surface area contributed by atoms with Crippen LogP contribution in [0.15, 0.2) is 36.4 Å². The van der Waals surface area contributed by atoms with E-state index in [0.29, 0.717) is 11.4 Å². The molecule has 0 saturated heterocycles. The molecule has 0 aliphatic heterocycles. The van der Waals surface area contributed by atoms with Gasteiger partial charge in [-0.05, 0) is 30.3 Å². The van der Waals surface area contributed by atoms with Crippen molar-refractivity contribution in [2.24, 2.45) is 0 Å². The number of hydrogen-bond donors (Lipinski definition) is 2. The summed E-state index contributed by atoms with van der Waals surface area (Å²) >= 11 is 0. The lowest BCUT2D eigenvalue weighted by atomic mass is 10.1. The Morgan fingerprint density at radius 3 is 2.65 bits per heavy atom. The number of nitrogens with zero attached hydrogens (tertiary/aromatic N) is 2. The minimum atomic E-state index is -0.586. The number of nitrogens with two attached hydrogens (primary N) is 1. The van der Waals surface area contributed by atoms with Crippen LogP contribution in [0.25, 0.3) is 0 Å². The fourth-order valence-electron chi connectivity index (χ4n) is 1.67. The third kappa shape index (κ3) is 2.64. The number of rotatable bonds is 3. The van der Waals surface area contributed by atoms with Gasteiger partial charge in [0.2, 0.25) is 0 Å². The summed E-state index contributed by atoms with van der Waals surface area (Å²) in [4.78, 5) is 10.1. The van der Waals surface area contributed by atoms with Gasteiger partial charge in [-0.25, -0.2) is 4.39 Å². The van der Waals surface area contributed by atoms with Gasteiger partial charge in [-0.15, -0.1) is 0 Å². The number of hydrogen-bond acceptors (Lipinski definition) is 5. The fourth-order valence-corrected chi connectivity index (χ4v) is 1.67. The lowest BCUT2D eigenvalue weighted by Gasteiger charge is -2.09. The number of nitrogens with one attached hydrogen (secondary N) is 1. The van der Waals surface area contributed by atoms with E-state index in [1.807, 2.05) is 6.07 Å². The van der Waals surface area contributed by atoms with Crippen LogP contribution in [0, 0.1) is 27.3 Å². The number of nitriles is 1. The maximum atomic E-state index is 13.0. The van der Waals surface area contributed by atoms with Crippen molar-refractivity contribution >= 4 is 22.7 Å². The van der Waals surface area contributed by atoms with Gasteiger partial charge in [0.25, 0.3) is 5.69 Å². The van der Waals surface area contributed by atoms with Crippen LogP contribution in [0.1, 0.15) is 5.56 Å². The molecule has 2 aromatic carbocycles. The van der Waals surface area contributed by atoms with Crippen LogP contribution in [0.3, 0.4) is 0 Å². The molecule has 0 saturated carbocycles. The van der Waals surface area contributed by atoms with Crippen LogP contribution in [-0.4, -0.2) is 4.92 Å². The molecule has 3 N–H and O–H groups in total. The summed E-state index contributed by atoms with van der Waals surface area (Å²) in [6, 6.07) is 9.66. The average molecular weight is 272 g/mol. The second kappa shape index (κ2) is 5.24. The molecule has 100 valence electrons. The summed E-state index contributed by atoms with van der Waals surface area (Å²) in [7, 11) is 0. The molecule has 0 spiro atoms. The van der Waals surface area contributed by atoms with E-state index in [1.165, 1.54) is 30.3 Å². The van der Waals surface area contributed by atoms with Crippen LogP contribution in [0.2, 0.25) is 0 Å². The number of halogens is 1. The van der Waals surface area contributed by atoms with Crippen molar-refractivity contribution in [3.8, 4) is 6.07 Å². The van der Waals surface area contributed by atoms with Crippen LogP contribution in [0.4, 0.5) is 27.1 Å². The number of benzene rings is 2. The summed E-state index contributed by atoms with van der Waals surface area (Å²) < 4.78 is 13.0. The standard InChI is InChI=1S/C13H9FN4O2/c14-9-1-3-12(8(5-9)7-15)17-10-2-4-13(18(19)20)11(16)6-10/h1-6,17H,16H2. The molecule has 0 amide bonds. The molecule has 6 nitrogen and oxygen atoms in total. The minimum Gasteiger partial charge on any atom is -0.393 e. The molecular weight excluding hydrogens is 263 g/mol. The Morgan fingerprint density at radius 1 is 1.30 bits per heavy atom. The maximum Gasteiger partial charge on any atom is 0.292 e. The molecule has 2 aromatic rings. The zero-order chi connectivity index (χ0) is 14.7. The van der Waals surface area contributed by atoms with E-state index in [4.69, 9.17) is 11.0 Å². The van der Waals surface area contributed by atoms with E-state index < -0.39 is 10.7 Å². The van der Waals surface area contributed by atoms with Crippen molar-refractivity contribution in [1.29, 1.82) is 5.26 Å². The van der Waals surface area contributed by atoms with Gasteiger partial charge < -0.3 is 11.1 Å². The Bertz CT molecular complexity index is 725. The van der Waals surface area contributed by atoms with E-state index in [-0.39, 0.29) is 16.9 Å². The Morgan fingerprint density at radius 2 is 2.05 bits per heavy atom. The molecule has 0 unspecified atom stereocenters. The van der Waals surface area contributed by atoms with Crippen molar-refractivity contribution in [2.45, 2.75) is 0 Å². The first kappa shape index (κ1) is 13.3. The first-order valence-corrected chi connectivity index (χ1v) is 5.52. The summed E-state index contributed by atoms with van der Waals surface area (Å²) in [5.74, 6) is -0.518. The zero-order valence-corrected chi connectivity index (χ0v) is 10.1. The molecule has 0 radical (unpaired) electrons. The summed E-state index contributed by atoms with van der Waals surface area (Å²) in [6.45, 7) is 0. The number of nitrogen functional groups attached to an aromatic ring is 1. The molecule has 0 aromatic heterocycles. The van der Waals surface area contributed by atoms with Gasteiger partial charge in [0.05, 0.1) is 16.2 Å². The van der Waals surface area contributed by atoms with Crippen molar-refractivity contribution in [1.82, 2.24) is 0 Å². The van der Waals surface area contributed by atoms with Gasteiger partial charge in [-0.3, -0.25) is 10.1 Å². The third-order valence-corrected chi connectivity index (χ3v) is 2.61. The van der Waals surface area contributed by atoms with Gasteiger partial charge >= 0.3 is 0 Å². The highest BCUT2D eigenvalue weighted by molar-refractivity contribution is 5.72. The van der Waals surface area contributed by atoms with E-state index in [9.17, 15) is 14.5 Å². The number of nitro groups is 1. The summed E-state index contributed by atoms with van der Waals surface area (Å²) in [5, 5.41) is 22.4. The molecule has 2 rings (SSSR count). The lowest BCUT2D eigenvalue weighted by molar-refractivity contribution is -0.383. The highest BCUT2D eigenvalue weighted by Gasteiger charge is 2.12. The van der Waals surface area contributed by atoms with Gasteiger partial charge in [0, 0.05) is 11.8 Å². The fraction of sp³-hybridized carbons (Fsp3) is 0. The molecule has 0 aliphatic rings. The highest BCUT2D eigenvalue weighted by Crippen LogP contribution is 2.28. The highest BCUT2D eigenvalue weighted by atomic mass is 19.1. The topological polar surface area (TPSA) is 105 Å². The molecule has 0 bridgehead atoms. The summed E-state index contributed by atoms with van der Waals surface area (Å²) in [6.07, 6.45) is 0. The molecule has 0 atom stereocenters. The predicted molar refractivity (Wildman–Crippen MR) is 71.9 cm³/mol. The monoisotopic (exact) mass is 272 g/mol. The quantitative estimate of drug-likeness (QED) is 0.507. The van der Waals surface area contributed by atoms with Gasteiger partial charge in [0.15, 0.2) is 0 Å². The number of anilines is 3. The molecule has 7 heteroatoms. The second-order valence-corrected chi connectivity index (χ2v) is 3.96. The Balaban J connectivity index is 2.34. The Kier molecular flexibility index (Phi) is 3.48. The summed E-state index contributed by atoms with van der Waals surface area (Å²) in [5.41, 5.74) is 6.35. The lowest BCUT2D eigenvalue weighted by Crippen LogP contribution is -1.98. The normalized spacial score (nSPS) is 9.80. The average Bonchev–Trinajstić information content (AvgIpc) is 2.40. The van der Waals surface area contributed by atoms with E-state index in [0.717, 1.165) is 6.07 Å². The van der Waals surface area contributed by atoms with Gasteiger partial charge in [0.1, 0.15) is 17.6 Å². The minimum absolute atomic E-state index is 0.000573. The SMILES string of the molecule is N#Cc1cc(F)ccc1Nc1ccc([N+](=O)[O-])c(N)c1. The van der Waals surface area contributed by atoms with Crippen LogP contribution in [-0.2, 0) is 0 Å². The van der Waals surface area contributed by atoms with Crippen LogP contribution < -0.4 is 11.1 Å². The second-order valence-electron chi connectivity index (χ2n) is 3.96. The molecule has 20 heavy (non-hydrogen) atoms. The van der Waals surface area contributed by atoms with Crippen molar-refractivity contribution < 1.29 is 9.31 Å². The van der Waals surface area contributed by atoms with Crippen molar-refractivity contribution in [3.05, 3.63) is 57.9 Å². The van der Waals surface area contributed by atoms with E-state index >= 15 is 0 Å². The zero-order valence-electron chi connectivity index (χ0n) is 10.1. The third-order valence-electron chi connectivity index (χ3n) is 2.61. The van der Waals surface area contributed by atoms with E-state index in [1.54, 1.807) is 0 Å². The first-order chi connectivity index (χ1) is 9.51. The molecule has 0 fully saturated rings. The molecule has 0 aliphatic carbocycles. The van der Waals surface area contributed by atoms with Gasteiger partial charge in [-0.2, -0.15) is 5.26 Å². The van der Waals surface area contributed by atoms with Crippen LogP contribution >= 0.6 is 0 Å². The molecular formula is C13H9FN4O2. The predicted octanol–water partition coefficient (Wildman–Crippen LogP) is 2.93. The maximum absolute atomic E-state index is 13.0. The van der Waals surface area contributed by atoms with E-state index in [2.05, 4.69) is 5.32 Å². The van der Waals surface area contributed by atoms with Gasteiger partial charge in [-0.1, -0.05) is 0 Å². The first-order valence-electron chi connectivity index (χ1n) is 5.52. The van der Waals surface area contributed by atoms with Crippen molar-refractivity contribution in [2.75, 3.05) is 11.1 Å². The smallest absolute Gasteiger partial charge is 0.292 e. The Hall–Kier alpha value is -3.14. The Labute approximate surface area is 113 Å². The van der Waals surface area contributed by atoms with Crippen LogP contribution in [0.5, 0.6) is 0 Å². The van der Waals surface area contributed by atoms with Crippen molar-refractivity contribution in [3.63, 3.8) is 0 Å².